The number of furan rings is 1. The quantitative estimate of drug-likeness (QED) is 0.654. The number of hydrogen-bond acceptors (Lipinski definition) is 3. The van der Waals surface area contributed by atoms with E-state index in [9.17, 15) is 5.11 Å². The summed E-state index contributed by atoms with van der Waals surface area (Å²) in [5.41, 5.74) is 6.84. The predicted octanol–water partition coefficient (Wildman–Crippen LogP) is 3.88. The Morgan fingerprint density at radius 1 is 0.913 bits per heavy atom. The van der Waals surface area contributed by atoms with Gasteiger partial charge in [-0.25, -0.2) is 0 Å². The van der Waals surface area contributed by atoms with Crippen LogP contribution in [-0.4, -0.2) is 17.3 Å². The molecule has 0 saturated carbocycles. The molecule has 3 N–H and O–H groups in total. The van der Waals surface area contributed by atoms with Crippen LogP contribution in [0.2, 0.25) is 0 Å². The third-order valence-electron chi connectivity index (χ3n) is 4.25. The second kappa shape index (κ2) is 8.90. The van der Waals surface area contributed by atoms with Crippen molar-refractivity contribution in [3.63, 3.8) is 0 Å². The number of nitrogens with two attached hydrogens (primary N) is 1. The van der Waals surface area contributed by atoms with Gasteiger partial charge in [0.2, 0.25) is 0 Å². The topological polar surface area (TPSA) is 59.4 Å². The predicted molar refractivity (Wildman–Crippen MR) is 94.4 cm³/mol. The van der Waals surface area contributed by atoms with E-state index >= 15 is 0 Å². The highest BCUT2D eigenvalue weighted by Crippen LogP contribution is 2.16. The number of hydrogen-bond donors (Lipinski definition) is 2. The summed E-state index contributed by atoms with van der Waals surface area (Å²) in [6.45, 7) is 1.87. The third-order valence-corrected chi connectivity index (χ3v) is 4.25. The van der Waals surface area contributed by atoms with Gasteiger partial charge in [0.05, 0.1) is 6.61 Å². The lowest BCUT2D eigenvalue weighted by Gasteiger charge is -2.20. The Hall–Kier alpha value is -1.58. The number of benzene rings is 1. The molecule has 0 unspecified atom stereocenters. The van der Waals surface area contributed by atoms with Crippen molar-refractivity contribution >= 4 is 0 Å². The number of aryl methyl sites for hydroxylation is 3. The van der Waals surface area contributed by atoms with E-state index < -0.39 is 5.54 Å². The summed E-state index contributed by atoms with van der Waals surface area (Å²) in [4.78, 5) is 0. The molecule has 1 heterocycles. The number of rotatable bonds is 10. The fourth-order valence-corrected chi connectivity index (χ4v) is 2.63. The van der Waals surface area contributed by atoms with Gasteiger partial charge >= 0.3 is 0 Å². The molecular formula is C20H29NO2. The van der Waals surface area contributed by atoms with Gasteiger partial charge in [-0.3, -0.25) is 0 Å². The van der Waals surface area contributed by atoms with Gasteiger partial charge in [-0.1, -0.05) is 36.8 Å². The minimum absolute atomic E-state index is 0.00196. The van der Waals surface area contributed by atoms with Gasteiger partial charge in [0, 0.05) is 18.4 Å². The van der Waals surface area contributed by atoms with Crippen LogP contribution in [0.15, 0.2) is 46.9 Å². The molecular weight excluding hydrogens is 286 g/mol. The van der Waals surface area contributed by atoms with E-state index in [1.54, 1.807) is 0 Å². The van der Waals surface area contributed by atoms with E-state index in [2.05, 4.69) is 36.4 Å². The highest BCUT2D eigenvalue weighted by atomic mass is 16.3. The van der Waals surface area contributed by atoms with Crippen LogP contribution < -0.4 is 5.73 Å². The summed E-state index contributed by atoms with van der Waals surface area (Å²) in [6, 6.07) is 14.7. The maximum absolute atomic E-state index is 9.17. The van der Waals surface area contributed by atoms with Gasteiger partial charge in [0.15, 0.2) is 0 Å². The Kier molecular flexibility index (Phi) is 6.87. The summed E-state index contributed by atoms with van der Waals surface area (Å²) in [7, 11) is 0. The Morgan fingerprint density at radius 2 is 1.57 bits per heavy atom. The first kappa shape index (κ1) is 17.8. The summed E-state index contributed by atoms with van der Waals surface area (Å²) in [5.74, 6) is 2.02. The molecule has 1 atom stereocenters. The summed E-state index contributed by atoms with van der Waals surface area (Å²) >= 11 is 0. The van der Waals surface area contributed by atoms with Crippen LogP contribution in [0.1, 0.15) is 49.7 Å². The molecule has 1 aromatic carbocycles. The van der Waals surface area contributed by atoms with Gasteiger partial charge < -0.3 is 15.3 Å². The Bertz CT molecular complexity index is 560. The van der Waals surface area contributed by atoms with Crippen LogP contribution >= 0.6 is 0 Å². The lowest BCUT2D eigenvalue weighted by molar-refractivity contribution is 0.198. The monoisotopic (exact) mass is 315 g/mol. The Balaban J connectivity index is 1.63. The first-order valence-corrected chi connectivity index (χ1v) is 8.60. The average Bonchev–Trinajstić information content (AvgIpc) is 3.02. The van der Waals surface area contributed by atoms with Crippen LogP contribution in [0.4, 0.5) is 0 Å². The number of aliphatic hydroxyl groups is 1. The number of aliphatic hydroxyl groups excluding tert-OH is 1. The van der Waals surface area contributed by atoms with Crippen LogP contribution in [0, 0.1) is 0 Å². The second-order valence-electron chi connectivity index (χ2n) is 6.73. The van der Waals surface area contributed by atoms with Crippen LogP contribution in [0.3, 0.4) is 0 Å². The molecule has 23 heavy (non-hydrogen) atoms. The molecule has 0 aliphatic rings. The molecule has 0 fully saturated rings. The highest BCUT2D eigenvalue weighted by Gasteiger charge is 2.17. The summed E-state index contributed by atoms with van der Waals surface area (Å²) in [6.07, 6.45) is 7.26. The molecule has 3 nitrogen and oxygen atoms in total. The van der Waals surface area contributed by atoms with Gasteiger partial charge in [-0.05, 0) is 50.3 Å². The smallest absolute Gasteiger partial charge is 0.104 e. The average molecular weight is 315 g/mol. The first-order chi connectivity index (χ1) is 11.1. The maximum Gasteiger partial charge on any atom is 0.104 e. The fraction of sp³-hybridized carbons (Fsp3) is 0.500. The normalized spacial score (nSPS) is 13.9. The SMILES string of the molecule is C[C@](N)(CO)CCc1ccc(CCCCCc2ccccc2)o1. The molecule has 0 amide bonds. The van der Waals surface area contributed by atoms with E-state index in [1.165, 1.54) is 18.4 Å². The largest absolute Gasteiger partial charge is 0.466 e. The molecule has 0 radical (unpaired) electrons. The van der Waals surface area contributed by atoms with Crippen molar-refractivity contribution in [2.75, 3.05) is 6.61 Å². The van der Waals surface area contributed by atoms with Gasteiger partial charge in [-0.2, -0.15) is 0 Å². The summed E-state index contributed by atoms with van der Waals surface area (Å²) in [5, 5.41) is 9.17. The molecule has 0 spiro atoms. The van der Waals surface area contributed by atoms with Crippen molar-refractivity contribution in [3.05, 3.63) is 59.5 Å². The lowest BCUT2D eigenvalue weighted by atomic mass is 9.98. The Morgan fingerprint density at radius 3 is 2.26 bits per heavy atom. The molecule has 126 valence electrons. The van der Waals surface area contributed by atoms with E-state index in [4.69, 9.17) is 10.2 Å². The van der Waals surface area contributed by atoms with E-state index in [1.807, 2.05) is 13.0 Å². The first-order valence-electron chi connectivity index (χ1n) is 8.60. The lowest BCUT2D eigenvalue weighted by Crippen LogP contribution is -2.40. The molecule has 0 aliphatic carbocycles. The highest BCUT2D eigenvalue weighted by molar-refractivity contribution is 5.14. The number of unbranched alkanes of at least 4 members (excludes halogenated alkanes) is 2. The molecule has 3 heteroatoms. The van der Waals surface area contributed by atoms with Crippen LogP contribution in [0.25, 0.3) is 0 Å². The van der Waals surface area contributed by atoms with E-state index in [-0.39, 0.29) is 6.61 Å². The van der Waals surface area contributed by atoms with E-state index in [0.717, 1.165) is 43.6 Å². The summed E-state index contributed by atoms with van der Waals surface area (Å²) < 4.78 is 5.85. The van der Waals surface area contributed by atoms with Crippen molar-refractivity contribution < 1.29 is 9.52 Å². The van der Waals surface area contributed by atoms with Gasteiger partial charge in [-0.15, -0.1) is 0 Å². The minimum Gasteiger partial charge on any atom is -0.466 e. The second-order valence-corrected chi connectivity index (χ2v) is 6.73. The van der Waals surface area contributed by atoms with Crippen molar-refractivity contribution in [1.29, 1.82) is 0 Å². The molecule has 2 aromatic rings. The molecule has 0 saturated heterocycles. The molecule has 0 aliphatic heterocycles. The van der Waals surface area contributed by atoms with Crippen LogP contribution in [0.5, 0.6) is 0 Å². The van der Waals surface area contributed by atoms with E-state index in [0.29, 0.717) is 0 Å². The minimum atomic E-state index is -0.523. The zero-order valence-electron chi connectivity index (χ0n) is 14.1. The van der Waals surface area contributed by atoms with Crippen molar-refractivity contribution in [2.45, 2.75) is 57.4 Å². The van der Waals surface area contributed by atoms with Gasteiger partial charge in [0.1, 0.15) is 11.5 Å². The van der Waals surface area contributed by atoms with Gasteiger partial charge in [0.25, 0.3) is 0 Å². The fourth-order valence-electron chi connectivity index (χ4n) is 2.63. The zero-order chi connectivity index (χ0) is 16.5. The maximum atomic E-state index is 9.17. The third kappa shape index (κ3) is 6.59. The molecule has 0 bridgehead atoms. The van der Waals surface area contributed by atoms with Crippen molar-refractivity contribution in [1.82, 2.24) is 0 Å². The van der Waals surface area contributed by atoms with Crippen LogP contribution in [-0.2, 0) is 19.3 Å². The zero-order valence-corrected chi connectivity index (χ0v) is 14.1. The Labute approximate surface area is 139 Å². The molecule has 1 aromatic heterocycles. The van der Waals surface area contributed by atoms with Crippen molar-refractivity contribution in [3.8, 4) is 0 Å². The molecule has 2 rings (SSSR count). The standard InChI is InChI=1S/C20H29NO2/c1-20(21,16-22)15-14-19-13-12-18(23-19)11-7-3-6-10-17-8-4-2-5-9-17/h2,4-5,8-9,12-13,22H,3,6-7,10-11,14-16,21H2,1H3/t20-/m1/s1. The van der Waals surface area contributed by atoms with Crippen molar-refractivity contribution in [2.24, 2.45) is 5.73 Å².